The number of allylic oxidation sites excluding steroid dienone is 1. The van der Waals surface area contributed by atoms with Crippen molar-refractivity contribution in [3.8, 4) is 0 Å². The summed E-state index contributed by atoms with van der Waals surface area (Å²) in [4.78, 5) is 12.5. The number of sulfonamides is 1. The van der Waals surface area contributed by atoms with Crippen LogP contribution in [0.1, 0.15) is 32.6 Å². The van der Waals surface area contributed by atoms with E-state index in [2.05, 4.69) is 11.4 Å². The van der Waals surface area contributed by atoms with Crippen LogP contribution in [0, 0.1) is 0 Å². The van der Waals surface area contributed by atoms with Crippen molar-refractivity contribution >= 4 is 44.8 Å². The molecule has 2 rings (SSSR count). The molecule has 5 nitrogen and oxygen atoms in total. The van der Waals surface area contributed by atoms with Crippen molar-refractivity contribution in [2.75, 3.05) is 17.1 Å². The summed E-state index contributed by atoms with van der Waals surface area (Å²) in [6, 6.07) is 3.57. The molecule has 0 saturated heterocycles. The number of nitrogens with one attached hydrogen (secondary N) is 1. The Morgan fingerprint density at radius 3 is 2.64 bits per heavy atom. The van der Waals surface area contributed by atoms with Gasteiger partial charge in [0.05, 0.1) is 17.0 Å². The molecule has 0 heterocycles. The van der Waals surface area contributed by atoms with Gasteiger partial charge in [-0.15, -0.1) is 0 Å². The molecule has 1 aromatic rings. The number of amides is 1. The van der Waals surface area contributed by atoms with Gasteiger partial charge >= 0.3 is 0 Å². The summed E-state index contributed by atoms with van der Waals surface area (Å²) in [7, 11) is -3.73. The van der Waals surface area contributed by atoms with Crippen molar-refractivity contribution in [1.82, 2.24) is 5.32 Å². The van der Waals surface area contributed by atoms with Gasteiger partial charge in [-0.25, -0.2) is 8.42 Å². The topological polar surface area (TPSA) is 66.5 Å². The van der Waals surface area contributed by atoms with E-state index in [1.54, 1.807) is 6.07 Å². The number of benzene rings is 1. The zero-order valence-electron chi connectivity index (χ0n) is 14.3. The maximum atomic E-state index is 12.5. The Labute approximate surface area is 159 Å². The lowest BCUT2D eigenvalue weighted by molar-refractivity contribution is -0.121. The molecule has 1 aliphatic rings. The zero-order valence-corrected chi connectivity index (χ0v) is 16.6. The molecule has 0 spiro atoms. The molecule has 0 radical (unpaired) electrons. The summed E-state index contributed by atoms with van der Waals surface area (Å²) in [6.45, 7) is 1.97. The standard InChI is InChI=1S/C17H22Cl2N2O3S/c1-12(17(22)20-11-13-6-4-3-5-7-13)21(25(2,23)24)16-10-14(18)8-9-15(16)19/h6,8-10,12H,3-5,7,11H2,1-2H3,(H,20,22)/t12-/m0/s1. The highest BCUT2D eigenvalue weighted by atomic mass is 35.5. The van der Waals surface area contributed by atoms with Crippen LogP contribution >= 0.6 is 23.2 Å². The first-order valence-electron chi connectivity index (χ1n) is 8.10. The van der Waals surface area contributed by atoms with Crippen LogP contribution in [0.3, 0.4) is 0 Å². The van der Waals surface area contributed by atoms with Gasteiger partial charge < -0.3 is 5.32 Å². The van der Waals surface area contributed by atoms with Gasteiger partial charge in [-0.2, -0.15) is 0 Å². The maximum absolute atomic E-state index is 12.5. The molecular formula is C17H22Cl2N2O3S. The molecule has 1 aromatic carbocycles. The second-order valence-electron chi connectivity index (χ2n) is 6.16. The van der Waals surface area contributed by atoms with E-state index in [1.165, 1.54) is 31.1 Å². The van der Waals surface area contributed by atoms with Crippen LogP contribution < -0.4 is 9.62 Å². The molecule has 0 unspecified atom stereocenters. The largest absolute Gasteiger partial charge is 0.351 e. The van der Waals surface area contributed by atoms with Gasteiger partial charge in [0.25, 0.3) is 0 Å². The van der Waals surface area contributed by atoms with Gasteiger partial charge in [-0.3, -0.25) is 9.10 Å². The van der Waals surface area contributed by atoms with Gasteiger partial charge in [0.15, 0.2) is 0 Å². The SMILES string of the molecule is C[C@@H](C(=O)NCC1=CCCCC1)N(c1cc(Cl)ccc1Cl)S(C)(=O)=O. The number of nitrogens with zero attached hydrogens (tertiary/aromatic N) is 1. The minimum Gasteiger partial charge on any atom is -0.351 e. The first kappa shape index (κ1) is 20.1. The van der Waals surface area contributed by atoms with E-state index >= 15 is 0 Å². The molecule has 0 fully saturated rings. The van der Waals surface area contributed by atoms with Gasteiger partial charge in [0.2, 0.25) is 15.9 Å². The van der Waals surface area contributed by atoms with Gasteiger partial charge in [0.1, 0.15) is 6.04 Å². The number of hydrogen-bond donors (Lipinski definition) is 1. The average Bonchev–Trinajstić information content (AvgIpc) is 2.55. The highest BCUT2D eigenvalue weighted by Crippen LogP contribution is 2.32. The third-order valence-corrected chi connectivity index (χ3v) is 5.89. The molecule has 1 aliphatic carbocycles. The van der Waals surface area contributed by atoms with E-state index < -0.39 is 16.1 Å². The maximum Gasteiger partial charge on any atom is 0.243 e. The highest BCUT2D eigenvalue weighted by molar-refractivity contribution is 7.92. The van der Waals surface area contributed by atoms with Crippen LogP contribution in [0.25, 0.3) is 0 Å². The third kappa shape index (κ3) is 5.36. The van der Waals surface area contributed by atoms with Gasteiger partial charge in [-0.05, 0) is 50.8 Å². The molecule has 0 bridgehead atoms. The molecule has 0 saturated carbocycles. The molecule has 1 N–H and O–H groups in total. The van der Waals surface area contributed by atoms with Crippen LogP contribution in [0.2, 0.25) is 10.0 Å². The average molecular weight is 405 g/mol. The zero-order chi connectivity index (χ0) is 18.6. The Kier molecular flexibility index (Phi) is 6.77. The second-order valence-corrected chi connectivity index (χ2v) is 8.86. The van der Waals surface area contributed by atoms with E-state index in [1.807, 2.05) is 0 Å². The fourth-order valence-corrected chi connectivity index (χ4v) is 4.45. The summed E-state index contributed by atoms with van der Waals surface area (Å²) in [5, 5.41) is 3.37. The Morgan fingerprint density at radius 2 is 2.04 bits per heavy atom. The van der Waals surface area contributed by atoms with Crippen LogP contribution in [-0.2, 0) is 14.8 Å². The minimum atomic E-state index is -3.73. The van der Waals surface area contributed by atoms with Crippen molar-refractivity contribution in [2.45, 2.75) is 38.6 Å². The van der Waals surface area contributed by atoms with Crippen LogP contribution in [0.15, 0.2) is 29.8 Å². The van der Waals surface area contributed by atoms with Crippen LogP contribution in [0.4, 0.5) is 5.69 Å². The Hall–Kier alpha value is -1.24. The van der Waals surface area contributed by atoms with Crippen molar-refractivity contribution < 1.29 is 13.2 Å². The van der Waals surface area contributed by atoms with Crippen molar-refractivity contribution in [1.29, 1.82) is 0 Å². The molecule has 0 aliphatic heterocycles. The minimum absolute atomic E-state index is 0.191. The molecular weight excluding hydrogens is 383 g/mol. The second kappa shape index (κ2) is 8.43. The van der Waals surface area contributed by atoms with Crippen molar-refractivity contribution in [3.05, 3.63) is 39.9 Å². The first-order valence-corrected chi connectivity index (χ1v) is 10.7. The Balaban J connectivity index is 2.21. The lowest BCUT2D eigenvalue weighted by Gasteiger charge is -2.29. The molecule has 0 aromatic heterocycles. The normalized spacial score (nSPS) is 16.1. The van der Waals surface area contributed by atoms with Gasteiger partial charge in [-0.1, -0.05) is 34.9 Å². The van der Waals surface area contributed by atoms with E-state index in [-0.39, 0.29) is 16.6 Å². The predicted molar refractivity (Wildman–Crippen MR) is 103 cm³/mol. The number of carbonyl (C=O) groups excluding carboxylic acids is 1. The number of carbonyl (C=O) groups is 1. The van der Waals surface area contributed by atoms with E-state index in [9.17, 15) is 13.2 Å². The third-order valence-electron chi connectivity index (χ3n) is 4.11. The molecule has 1 amide bonds. The lowest BCUT2D eigenvalue weighted by atomic mass is 10.00. The predicted octanol–water partition coefficient (Wildman–Crippen LogP) is 3.76. The fraction of sp³-hybridized carbons (Fsp3) is 0.471. The van der Waals surface area contributed by atoms with Crippen molar-refractivity contribution in [3.63, 3.8) is 0 Å². The number of halogens is 2. The summed E-state index contributed by atoms with van der Waals surface area (Å²) in [5.41, 5.74) is 1.37. The molecule has 25 heavy (non-hydrogen) atoms. The molecule has 1 atom stereocenters. The van der Waals surface area contributed by atoms with E-state index in [4.69, 9.17) is 23.2 Å². The summed E-state index contributed by atoms with van der Waals surface area (Å²) in [6.07, 6.45) is 7.45. The van der Waals surface area contributed by atoms with Gasteiger partial charge in [0, 0.05) is 11.6 Å². The number of hydrogen-bond acceptors (Lipinski definition) is 3. The molecule has 8 heteroatoms. The molecule has 138 valence electrons. The fourth-order valence-electron chi connectivity index (χ4n) is 2.85. The summed E-state index contributed by atoms with van der Waals surface area (Å²) < 4.78 is 25.6. The van der Waals surface area contributed by atoms with Crippen LogP contribution in [-0.4, -0.2) is 33.2 Å². The van der Waals surface area contributed by atoms with Crippen molar-refractivity contribution in [2.24, 2.45) is 0 Å². The summed E-state index contributed by atoms with van der Waals surface area (Å²) >= 11 is 12.1. The van der Waals surface area contributed by atoms with E-state index in [0.717, 1.165) is 29.8 Å². The number of rotatable bonds is 6. The van der Waals surface area contributed by atoms with Crippen LogP contribution in [0.5, 0.6) is 0 Å². The lowest BCUT2D eigenvalue weighted by Crippen LogP contribution is -2.48. The highest BCUT2D eigenvalue weighted by Gasteiger charge is 2.30. The smallest absolute Gasteiger partial charge is 0.243 e. The Morgan fingerprint density at radius 1 is 1.32 bits per heavy atom. The first-order chi connectivity index (χ1) is 11.7. The monoisotopic (exact) mass is 404 g/mol. The summed E-state index contributed by atoms with van der Waals surface area (Å²) in [5.74, 6) is -0.382. The number of anilines is 1. The van der Waals surface area contributed by atoms with E-state index in [0.29, 0.717) is 11.6 Å². The Bertz CT molecular complexity index is 778. The quantitative estimate of drug-likeness (QED) is 0.733.